The van der Waals surface area contributed by atoms with Crippen LogP contribution in [0.2, 0.25) is 0 Å². The van der Waals surface area contributed by atoms with E-state index in [1.165, 1.54) is 30.4 Å². The van der Waals surface area contributed by atoms with Crippen molar-refractivity contribution in [3.05, 3.63) is 35.4 Å². The minimum absolute atomic E-state index is 0.511. The zero-order valence-electron chi connectivity index (χ0n) is 12.1. The second kappa shape index (κ2) is 5.64. The monoisotopic (exact) mass is 259 g/mol. The van der Waals surface area contributed by atoms with Gasteiger partial charge in [-0.25, -0.2) is 0 Å². The van der Waals surface area contributed by atoms with Gasteiger partial charge in [0.15, 0.2) is 0 Å². The van der Waals surface area contributed by atoms with Crippen LogP contribution in [-0.4, -0.2) is 25.3 Å². The van der Waals surface area contributed by atoms with Crippen molar-refractivity contribution in [1.29, 1.82) is 0 Å². The summed E-state index contributed by atoms with van der Waals surface area (Å²) in [7, 11) is 2.09. The lowest BCUT2D eigenvalue weighted by Crippen LogP contribution is -2.40. The van der Waals surface area contributed by atoms with E-state index in [9.17, 15) is 0 Å². The van der Waals surface area contributed by atoms with Gasteiger partial charge in [-0.2, -0.15) is 0 Å². The first-order valence-corrected chi connectivity index (χ1v) is 7.70. The molecule has 2 heterocycles. The van der Waals surface area contributed by atoms with E-state index in [1.807, 2.05) is 0 Å². The van der Waals surface area contributed by atoms with Crippen LogP contribution in [0.4, 0.5) is 0 Å². The standard InChI is InChI=1S/C17H25NO/c1-3-12-4-6-13(7-5-12)10-16(18-2)15-11-14-8-9-17(15)19-14/h4-7,14-18H,3,8-11H2,1-2H3. The molecule has 19 heavy (non-hydrogen) atoms. The molecule has 1 aromatic rings. The molecule has 0 aromatic heterocycles. The highest BCUT2D eigenvalue weighted by atomic mass is 16.5. The summed E-state index contributed by atoms with van der Waals surface area (Å²) >= 11 is 0. The molecule has 2 saturated heterocycles. The Kier molecular flexibility index (Phi) is 3.90. The maximum Gasteiger partial charge on any atom is 0.0623 e. The Morgan fingerprint density at radius 3 is 2.47 bits per heavy atom. The van der Waals surface area contributed by atoms with Crippen molar-refractivity contribution in [1.82, 2.24) is 5.32 Å². The van der Waals surface area contributed by atoms with E-state index in [-0.39, 0.29) is 0 Å². The van der Waals surface area contributed by atoms with Crippen molar-refractivity contribution >= 4 is 0 Å². The predicted octanol–water partition coefficient (Wildman–Crippen LogP) is 2.95. The maximum atomic E-state index is 6.00. The maximum absolute atomic E-state index is 6.00. The molecule has 104 valence electrons. The average molecular weight is 259 g/mol. The lowest BCUT2D eigenvalue weighted by molar-refractivity contribution is 0.0863. The summed E-state index contributed by atoms with van der Waals surface area (Å²) in [4.78, 5) is 0. The molecule has 2 bridgehead atoms. The number of hydrogen-bond acceptors (Lipinski definition) is 2. The Hall–Kier alpha value is -0.860. The molecule has 2 aliphatic heterocycles. The van der Waals surface area contributed by atoms with Crippen LogP contribution in [-0.2, 0) is 17.6 Å². The Morgan fingerprint density at radius 1 is 1.21 bits per heavy atom. The van der Waals surface area contributed by atoms with Crippen LogP contribution in [0.5, 0.6) is 0 Å². The molecule has 0 spiro atoms. The van der Waals surface area contributed by atoms with Crippen LogP contribution in [0.15, 0.2) is 24.3 Å². The van der Waals surface area contributed by atoms with E-state index in [1.54, 1.807) is 0 Å². The Morgan fingerprint density at radius 2 is 1.95 bits per heavy atom. The van der Waals surface area contributed by atoms with Crippen LogP contribution in [0.3, 0.4) is 0 Å². The van der Waals surface area contributed by atoms with Crippen molar-refractivity contribution in [2.45, 2.75) is 57.3 Å². The second-order valence-electron chi connectivity index (χ2n) is 6.04. The Balaban J connectivity index is 1.65. The summed E-state index contributed by atoms with van der Waals surface area (Å²) in [6.07, 6.45) is 7.10. The summed E-state index contributed by atoms with van der Waals surface area (Å²) < 4.78 is 6.00. The molecule has 0 saturated carbocycles. The number of likely N-dealkylation sites (N-methyl/N-ethyl adjacent to an activating group) is 1. The van der Waals surface area contributed by atoms with Gasteiger partial charge in [0.2, 0.25) is 0 Å². The third-order valence-corrected chi connectivity index (χ3v) is 4.93. The SMILES string of the molecule is CCc1ccc(CC(NC)C2CC3CCC2O3)cc1. The molecule has 3 rings (SSSR count). The summed E-state index contributed by atoms with van der Waals surface area (Å²) in [6, 6.07) is 9.66. The van der Waals surface area contributed by atoms with Gasteiger partial charge in [0.1, 0.15) is 0 Å². The first kappa shape index (κ1) is 13.1. The minimum atomic E-state index is 0.511. The molecule has 4 atom stereocenters. The number of nitrogens with one attached hydrogen (secondary N) is 1. The van der Waals surface area contributed by atoms with Gasteiger partial charge in [0.25, 0.3) is 0 Å². The molecule has 0 radical (unpaired) electrons. The van der Waals surface area contributed by atoms with Crippen molar-refractivity contribution in [2.75, 3.05) is 7.05 Å². The highest BCUT2D eigenvalue weighted by Crippen LogP contribution is 2.40. The highest BCUT2D eigenvalue weighted by Gasteiger charge is 2.43. The van der Waals surface area contributed by atoms with Crippen molar-refractivity contribution in [3.8, 4) is 0 Å². The zero-order chi connectivity index (χ0) is 13.2. The van der Waals surface area contributed by atoms with E-state index in [4.69, 9.17) is 4.74 Å². The smallest absolute Gasteiger partial charge is 0.0623 e. The molecule has 2 heteroatoms. The third-order valence-electron chi connectivity index (χ3n) is 4.93. The number of benzene rings is 1. The van der Waals surface area contributed by atoms with Gasteiger partial charge in [-0.1, -0.05) is 31.2 Å². The van der Waals surface area contributed by atoms with Crippen LogP contribution in [0, 0.1) is 5.92 Å². The Bertz CT molecular complexity index is 414. The molecule has 2 fully saturated rings. The molecule has 4 unspecified atom stereocenters. The fraction of sp³-hybridized carbons (Fsp3) is 0.647. The van der Waals surface area contributed by atoms with E-state index in [0.29, 0.717) is 24.2 Å². The summed E-state index contributed by atoms with van der Waals surface area (Å²) in [5.41, 5.74) is 2.87. The van der Waals surface area contributed by atoms with Crippen molar-refractivity contribution < 1.29 is 4.74 Å². The number of hydrogen-bond donors (Lipinski definition) is 1. The first-order chi connectivity index (χ1) is 9.30. The van der Waals surface area contributed by atoms with Gasteiger partial charge < -0.3 is 10.1 Å². The second-order valence-corrected chi connectivity index (χ2v) is 6.04. The zero-order valence-corrected chi connectivity index (χ0v) is 12.1. The molecule has 1 N–H and O–H groups in total. The van der Waals surface area contributed by atoms with E-state index in [2.05, 4.69) is 43.6 Å². The van der Waals surface area contributed by atoms with Crippen LogP contribution >= 0.6 is 0 Å². The van der Waals surface area contributed by atoms with Gasteiger partial charge in [-0.3, -0.25) is 0 Å². The molecule has 2 nitrogen and oxygen atoms in total. The number of rotatable bonds is 5. The fourth-order valence-corrected chi connectivity index (χ4v) is 3.73. The van der Waals surface area contributed by atoms with Crippen LogP contribution in [0.1, 0.15) is 37.3 Å². The van der Waals surface area contributed by atoms with Gasteiger partial charge in [-0.05, 0) is 50.3 Å². The van der Waals surface area contributed by atoms with E-state index < -0.39 is 0 Å². The summed E-state index contributed by atoms with van der Waals surface area (Å²) in [6.45, 7) is 2.21. The van der Waals surface area contributed by atoms with E-state index >= 15 is 0 Å². The molecule has 2 aliphatic rings. The van der Waals surface area contributed by atoms with E-state index in [0.717, 1.165) is 12.8 Å². The molecular formula is C17H25NO. The summed E-state index contributed by atoms with van der Waals surface area (Å²) in [5, 5.41) is 3.53. The average Bonchev–Trinajstić information content (AvgIpc) is 3.08. The predicted molar refractivity (Wildman–Crippen MR) is 78.4 cm³/mol. The Labute approximate surface area is 116 Å². The minimum Gasteiger partial charge on any atom is -0.375 e. The quantitative estimate of drug-likeness (QED) is 0.878. The van der Waals surface area contributed by atoms with Crippen LogP contribution < -0.4 is 5.32 Å². The lowest BCUT2D eigenvalue weighted by atomic mass is 9.81. The molecule has 0 aliphatic carbocycles. The fourth-order valence-electron chi connectivity index (χ4n) is 3.73. The van der Waals surface area contributed by atoms with Crippen molar-refractivity contribution in [3.63, 3.8) is 0 Å². The topological polar surface area (TPSA) is 21.3 Å². The van der Waals surface area contributed by atoms with Gasteiger partial charge in [-0.15, -0.1) is 0 Å². The van der Waals surface area contributed by atoms with Crippen LogP contribution in [0.25, 0.3) is 0 Å². The summed E-state index contributed by atoms with van der Waals surface area (Å²) in [5.74, 6) is 0.703. The largest absolute Gasteiger partial charge is 0.375 e. The first-order valence-electron chi connectivity index (χ1n) is 7.70. The normalized spacial score (nSPS) is 30.7. The lowest BCUT2D eigenvalue weighted by Gasteiger charge is -2.28. The molecular weight excluding hydrogens is 234 g/mol. The number of aryl methyl sites for hydroxylation is 1. The third kappa shape index (κ3) is 2.70. The molecule has 1 aromatic carbocycles. The number of fused-ring (bicyclic) bond motifs is 2. The highest BCUT2D eigenvalue weighted by molar-refractivity contribution is 5.23. The van der Waals surface area contributed by atoms with Gasteiger partial charge in [0, 0.05) is 12.0 Å². The van der Waals surface area contributed by atoms with Gasteiger partial charge in [0.05, 0.1) is 12.2 Å². The van der Waals surface area contributed by atoms with Crippen molar-refractivity contribution in [2.24, 2.45) is 5.92 Å². The van der Waals surface area contributed by atoms with Gasteiger partial charge >= 0.3 is 0 Å². The molecule has 0 amide bonds. The number of ether oxygens (including phenoxy) is 1.